The normalized spacial score (nSPS) is 10.4. The number of aromatic nitrogens is 2. The van der Waals surface area contributed by atoms with Crippen molar-refractivity contribution < 1.29 is 18.7 Å². The highest BCUT2D eigenvalue weighted by Gasteiger charge is 2.13. The molecule has 0 radical (unpaired) electrons. The number of carbonyl (C=O) groups is 1. The molecule has 0 aliphatic heterocycles. The van der Waals surface area contributed by atoms with Gasteiger partial charge < -0.3 is 14.8 Å². The molecule has 2 aromatic carbocycles. The third-order valence-electron chi connectivity index (χ3n) is 3.92. The van der Waals surface area contributed by atoms with Gasteiger partial charge in [-0.2, -0.15) is 0 Å². The van der Waals surface area contributed by atoms with Gasteiger partial charge in [0.2, 0.25) is 5.91 Å². The summed E-state index contributed by atoms with van der Waals surface area (Å²) in [6.07, 6.45) is 2.88. The zero-order valence-electron chi connectivity index (χ0n) is 15.7. The molecule has 7 nitrogen and oxygen atoms in total. The predicted octanol–water partition coefficient (Wildman–Crippen LogP) is 3.12. The first-order valence-electron chi connectivity index (χ1n) is 8.50. The topological polar surface area (TPSA) is 82.5 Å². The quantitative estimate of drug-likeness (QED) is 0.597. The van der Waals surface area contributed by atoms with Crippen molar-refractivity contribution in [1.29, 1.82) is 0 Å². The number of rotatable bonds is 7. The van der Waals surface area contributed by atoms with Crippen molar-refractivity contribution in [3.63, 3.8) is 0 Å². The minimum atomic E-state index is -0.451. The average molecular weight is 415 g/mol. The Bertz CT molecular complexity index is 1090. The number of thioether (sulfide) groups is 1. The molecule has 3 aromatic rings. The van der Waals surface area contributed by atoms with Crippen molar-refractivity contribution in [2.45, 2.75) is 5.03 Å². The van der Waals surface area contributed by atoms with Crippen molar-refractivity contribution in [3.8, 4) is 17.2 Å². The van der Waals surface area contributed by atoms with Crippen molar-refractivity contribution in [1.82, 2.24) is 9.55 Å². The molecule has 0 unspecified atom stereocenters. The summed E-state index contributed by atoms with van der Waals surface area (Å²) >= 11 is 0.993. The molecular weight excluding hydrogens is 397 g/mol. The fraction of sp³-hybridized carbons (Fsp3) is 0.150. The maximum atomic E-state index is 13.4. The number of nitrogens with one attached hydrogen (secondary N) is 1. The van der Waals surface area contributed by atoms with Crippen LogP contribution in [0.3, 0.4) is 0 Å². The van der Waals surface area contributed by atoms with E-state index in [0.29, 0.717) is 22.9 Å². The summed E-state index contributed by atoms with van der Waals surface area (Å²) in [6, 6.07) is 10.7. The number of carbonyl (C=O) groups excluding carboxylic acids is 1. The van der Waals surface area contributed by atoms with Crippen LogP contribution < -0.4 is 20.3 Å². The SMILES string of the molecule is COc1ccc(NC(=O)CSc2nccn(-c3cccc(F)c3)c2=O)c(OC)c1. The lowest BCUT2D eigenvalue weighted by Gasteiger charge is -2.11. The Morgan fingerprint density at radius 1 is 1.21 bits per heavy atom. The second-order valence-corrected chi connectivity index (χ2v) is 6.75. The van der Waals surface area contributed by atoms with Crippen molar-refractivity contribution in [3.05, 3.63) is 71.0 Å². The monoisotopic (exact) mass is 415 g/mol. The highest BCUT2D eigenvalue weighted by atomic mass is 32.2. The highest BCUT2D eigenvalue weighted by Crippen LogP contribution is 2.29. The highest BCUT2D eigenvalue weighted by molar-refractivity contribution is 7.99. The first-order chi connectivity index (χ1) is 14.0. The minimum absolute atomic E-state index is 0.0371. The van der Waals surface area contributed by atoms with Gasteiger partial charge in [-0.05, 0) is 30.3 Å². The lowest BCUT2D eigenvalue weighted by Crippen LogP contribution is -2.22. The molecule has 0 bridgehead atoms. The molecular formula is C20H18FN3O4S. The van der Waals surface area contributed by atoms with Gasteiger partial charge in [-0.25, -0.2) is 9.37 Å². The Hall–Kier alpha value is -3.33. The standard InChI is InChI=1S/C20H18FN3O4S/c1-27-15-6-7-16(17(11-15)28-2)23-18(25)12-29-19-20(26)24(9-8-22-19)14-5-3-4-13(21)10-14/h3-11H,12H2,1-2H3,(H,23,25). The summed E-state index contributed by atoms with van der Waals surface area (Å²) in [5.41, 5.74) is 0.432. The van der Waals surface area contributed by atoms with Crippen molar-refractivity contribution in [2.24, 2.45) is 0 Å². The van der Waals surface area contributed by atoms with Crippen LogP contribution in [0, 0.1) is 5.82 Å². The third kappa shape index (κ3) is 4.94. The molecule has 0 aliphatic carbocycles. The summed E-state index contributed by atoms with van der Waals surface area (Å²) in [7, 11) is 3.02. The maximum absolute atomic E-state index is 13.4. The maximum Gasteiger partial charge on any atom is 0.287 e. The predicted molar refractivity (Wildman–Crippen MR) is 109 cm³/mol. The summed E-state index contributed by atoms with van der Waals surface area (Å²) in [5, 5.41) is 2.86. The molecule has 9 heteroatoms. The molecule has 0 saturated carbocycles. The van der Waals surface area contributed by atoms with E-state index < -0.39 is 11.4 Å². The molecule has 1 aromatic heterocycles. The fourth-order valence-corrected chi connectivity index (χ4v) is 3.24. The summed E-state index contributed by atoms with van der Waals surface area (Å²) in [4.78, 5) is 29.0. The van der Waals surface area contributed by atoms with E-state index in [1.807, 2.05) is 0 Å². The van der Waals surface area contributed by atoms with Gasteiger partial charge in [0.25, 0.3) is 5.56 Å². The molecule has 0 aliphatic rings. The van der Waals surface area contributed by atoms with E-state index >= 15 is 0 Å². The van der Waals surface area contributed by atoms with Crippen LogP contribution in [0.1, 0.15) is 0 Å². The molecule has 1 amide bonds. The molecule has 0 atom stereocenters. The molecule has 1 N–H and O–H groups in total. The Morgan fingerprint density at radius 2 is 2.03 bits per heavy atom. The van der Waals surface area contributed by atoms with Crippen LogP contribution >= 0.6 is 11.8 Å². The Morgan fingerprint density at radius 3 is 2.76 bits per heavy atom. The number of anilines is 1. The van der Waals surface area contributed by atoms with E-state index in [1.165, 1.54) is 49.4 Å². The molecule has 0 fully saturated rings. The minimum Gasteiger partial charge on any atom is -0.497 e. The lowest BCUT2D eigenvalue weighted by molar-refractivity contribution is -0.113. The molecule has 1 heterocycles. The second kappa shape index (κ2) is 9.24. The zero-order valence-corrected chi connectivity index (χ0v) is 16.5. The van der Waals surface area contributed by atoms with Crippen LogP contribution in [-0.4, -0.2) is 35.4 Å². The van der Waals surface area contributed by atoms with Crippen LogP contribution in [-0.2, 0) is 4.79 Å². The van der Waals surface area contributed by atoms with Crippen molar-refractivity contribution in [2.75, 3.05) is 25.3 Å². The van der Waals surface area contributed by atoms with Gasteiger partial charge in [0.1, 0.15) is 17.3 Å². The largest absolute Gasteiger partial charge is 0.497 e. The number of methoxy groups -OCH3 is 2. The smallest absolute Gasteiger partial charge is 0.287 e. The molecule has 3 rings (SSSR count). The Labute approximate surface area is 170 Å². The van der Waals surface area contributed by atoms with Gasteiger partial charge in [-0.15, -0.1) is 0 Å². The van der Waals surface area contributed by atoms with Gasteiger partial charge in [0.05, 0.1) is 31.3 Å². The van der Waals surface area contributed by atoms with Crippen LogP contribution in [0.4, 0.5) is 10.1 Å². The van der Waals surface area contributed by atoms with E-state index in [0.717, 1.165) is 11.8 Å². The number of nitrogens with zero attached hydrogens (tertiary/aromatic N) is 2. The second-order valence-electron chi connectivity index (χ2n) is 5.79. The van der Waals surface area contributed by atoms with E-state index in [2.05, 4.69) is 10.3 Å². The summed E-state index contributed by atoms with van der Waals surface area (Å²) < 4.78 is 25.1. The van der Waals surface area contributed by atoms with Gasteiger partial charge in [0, 0.05) is 18.5 Å². The Balaban J connectivity index is 1.71. The first-order valence-corrected chi connectivity index (χ1v) is 9.48. The van der Waals surface area contributed by atoms with E-state index in [-0.39, 0.29) is 16.7 Å². The van der Waals surface area contributed by atoms with Crippen LogP contribution in [0.2, 0.25) is 0 Å². The first kappa shape index (κ1) is 20.4. The fourth-order valence-electron chi connectivity index (χ4n) is 2.54. The number of benzene rings is 2. The molecule has 0 spiro atoms. The van der Waals surface area contributed by atoms with Gasteiger partial charge in [-0.1, -0.05) is 17.8 Å². The van der Waals surface area contributed by atoms with Crippen LogP contribution in [0.15, 0.2) is 64.7 Å². The summed E-state index contributed by atoms with van der Waals surface area (Å²) in [6.45, 7) is 0. The van der Waals surface area contributed by atoms with Gasteiger partial charge in [-0.3, -0.25) is 14.2 Å². The van der Waals surface area contributed by atoms with Crippen molar-refractivity contribution >= 4 is 23.4 Å². The van der Waals surface area contributed by atoms with E-state index in [1.54, 1.807) is 24.3 Å². The van der Waals surface area contributed by atoms with E-state index in [9.17, 15) is 14.0 Å². The number of amides is 1. The lowest BCUT2D eigenvalue weighted by atomic mass is 10.2. The summed E-state index contributed by atoms with van der Waals surface area (Å²) in [5.74, 6) is 0.230. The number of halogens is 1. The van der Waals surface area contributed by atoms with Gasteiger partial charge in [0.15, 0.2) is 5.03 Å². The Kier molecular flexibility index (Phi) is 6.50. The average Bonchev–Trinajstić information content (AvgIpc) is 2.73. The molecule has 29 heavy (non-hydrogen) atoms. The number of hydrogen-bond donors (Lipinski definition) is 1. The van der Waals surface area contributed by atoms with Crippen LogP contribution in [0.25, 0.3) is 5.69 Å². The number of hydrogen-bond acceptors (Lipinski definition) is 6. The van der Waals surface area contributed by atoms with E-state index in [4.69, 9.17) is 9.47 Å². The number of ether oxygens (including phenoxy) is 2. The third-order valence-corrected chi connectivity index (χ3v) is 4.88. The molecule has 150 valence electrons. The van der Waals surface area contributed by atoms with Gasteiger partial charge >= 0.3 is 0 Å². The van der Waals surface area contributed by atoms with Crippen LogP contribution in [0.5, 0.6) is 11.5 Å². The zero-order chi connectivity index (χ0) is 20.8. The molecule has 0 saturated heterocycles.